The van der Waals surface area contributed by atoms with Gasteiger partial charge in [-0.1, -0.05) is 35.9 Å². The monoisotopic (exact) mass is 614 g/mol. The van der Waals surface area contributed by atoms with Crippen molar-refractivity contribution in [3.63, 3.8) is 0 Å². The second-order valence-corrected chi connectivity index (χ2v) is 12.8. The van der Waals surface area contributed by atoms with Gasteiger partial charge in [0.05, 0.1) is 22.2 Å². The van der Waals surface area contributed by atoms with Crippen LogP contribution in [0.5, 0.6) is 5.75 Å². The molecule has 1 aromatic heterocycles. The number of rotatable bonds is 8. The van der Waals surface area contributed by atoms with Crippen LogP contribution >= 0.6 is 34.7 Å². The van der Waals surface area contributed by atoms with E-state index in [1.807, 2.05) is 35.4 Å². The Hall–Kier alpha value is -2.65. The average molecular weight is 615 g/mol. The Morgan fingerprint density at radius 3 is 2.37 bits per heavy atom. The topological polar surface area (TPSA) is 32.8 Å². The van der Waals surface area contributed by atoms with Crippen LogP contribution in [-0.2, 0) is 6.54 Å². The highest BCUT2D eigenvalue weighted by molar-refractivity contribution is 7.98. The van der Waals surface area contributed by atoms with Crippen LogP contribution in [0.2, 0.25) is 5.02 Å². The molecule has 0 bridgehead atoms. The molecule has 5 rings (SSSR count). The van der Waals surface area contributed by atoms with E-state index in [4.69, 9.17) is 16.3 Å². The third-order valence-corrected chi connectivity index (χ3v) is 10.5. The van der Waals surface area contributed by atoms with Crippen molar-refractivity contribution in [2.24, 2.45) is 0 Å². The maximum atomic E-state index is 14.7. The van der Waals surface area contributed by atoms with Gasteiger partial charge >= 0.3 is 0 Å². The van der Waals surface area contributed by atoms with Gasteiger partial charge in [-0.3, -0.25) is 4.79 Å². The summed E-state index contributed by atoms with van der Waals surface area (Å²) in [6.45, 7) is 0.282. The van der Waals surface area contributed by atoms with Gasteiger partial charge in [0.25, 0.3) is 5.91 Å². The second-order valence-electron chi connectivity index (χ2n) is 10.6. The molecule has 1 aliphatic carbocycles. The van der Waals surface area contributed by atoms with Crippen molar-refractivity contribution in [2.45, 2.75) is 49.2 Å². The number of nitrogens with zero attached hydrogens (tertiary/aromatic N) is 2. The lowest BCUT2D eigenvalue weighted by Gasteiger charge is -2.39. The molecule has 4 aromatic rings. The molecule has 4 nitrogen and oxygen atoms in total. The van der Waals surface area contributed by atoms with Crippen molar-refractivity contribution < 1.29 is 18.3 Å². The lowest BCUT2D eigenvalue weighted by Crippen LogP contribution is -2.44. The molecule has 3 aromatic carbocycles. The van der Waals surface area contributed by atoms with E-state index in [9.17, 15) is 13.6 Å². The predicted octanol–water partition coefficient (Wildman–Crippen LogP) is 8.75. The summed E-state index contributed by atoms with van der Waals surface area (Å²) in [5, 5.41) is -0.0712. The van der Waals surface area contributed by atoms with E-state index >= 15 is 0 Å². The number of hydrogen-bond acceptors (Lipinski definition) is 5. The fourth-order valence-electron chi connectivity index (χ4n) is 5.76. The molecule has 0 N–H and O–H groups in total. The number of benzene rings is 3. The van der Waals surface area contributed by atoms with Crippen molar-refractivity contribution in [1.29, 1.82) is 0 Å². The highest BCUT2D eigenvalue weighted by Gasteiger charge is 2.33. The minimum absolute atomic E-state index is 0.0337. The molecular weight excluding hydrogens is 582 g/mol. The quantitative estimate of drug-likeness (QED) is 0.186. The third kappa shape index (κ3) is 5.98. The van der Waals surface area contributed by atoms with Crippen molar-refractivity contribution in [2.75, 3.05) is 27.5 Å². The number of amides is 1. The van der Waals surface area contributed by atoms with Crippen molar-refractivity contribution in [3.05, 3.63) is 81.7 Å². The van der Waals surface area contributed by atoms with E-state index in [0.29, 0.717) is 11.8 Å². The Kier molecular flexibility index (Phi) is 9.24. The molecular formula is C32H33ClF2N2O2S2. The molecule has 0 saturated heterocycles. The van der Waals surface area contributed by atoms with Crippen LogP contribution in [0.3, 0.4) is 0 Å². The zero-order valence-electron chi connectivity index (χ0n) is 23.5. The van der Waals surface area contributed by atoms with Gasteiger partial charge in [0, 0.05) is 29.1 Å². The summed E-state index contributed by atoms with van der Waals surface area (Å²) >= 11 is 9.19. The van der Waals surface area contributed by atoms with E-state index in [-0.39, 0.29) is 38.5 Å². The molecule has 1 heterocycles. The average Bonchev–Trinajstić information content (AvgIpc) is 3.35. The highest BCUT2D eigenvalue weighted by atomic mass is 35.5. The van der Waals surface area contributed by atoms with Gasteiger partial charge in [-0.15, -0.1) is 23.1 Å². The Balaban J connectivity index is 1.57. The van der Waals surface area contributed by atoms with E-state index in [2.05, 4.69) is 37.2 Å². The lowest BCUT2D eigenvalue weighted by atomic mass is 9.89. The van der Waals surface area contributed by atoms with Crippen LogP contribution in [0.15, 0.2) is 59.5 Å². The Labute approximate surface area is 253 Å². The van der Waals surface area contributed by atoms with Gasteiger partial charge in [-0.2, -0.15) is 0 Å². The highest BCUT2D eigenvalue weighted by Crippen LogP contribution is 2.41. The van der Waals surface area contributed by atoms with Crippen LogP contribution in [-0.4, -0.2) is 55.3 Å². The smallest absolute Gasteiger partial charge is 0.266 e. The van der Waals surface area contributed by atoms with Gasteiger partial charge in [0.2, 0.25) is 0 Å². The van der Waals surface area contributed by atoms with Crippen LogP contribution < -0.4 is 4.74 Å². The Morgan fingerprint density at radius 2 is 1.71 bits per heavy atom. The van der Waals surface area contributed by atoms with Crippen molar-refractivity contribution >= 4 is 50.7 Å². The van der Waals surface area contributed by atoms with Crippen LogP contribution in [0.4, 0.5) is 8.78 Å². The molecule has 1 fully saturated rings. The van der Waals surface area contributed by atoms with E-state index < -0.39 is 11.6 Å². The molecule has 0 aliphatic heterocycles. The number of carbonyl (C=O) groups is 1. The first kappa shape index (κ1) is 29.8. The zero-order valence-corrected chi connectivity index (χ0v) is 25.9. The van der Waals surface area contributed by atoms with Gasteiger partial charge in [0.1, 0.15) is 22.3 Å². The van der Waals surface area contributed by atoms with E-state index in [1.165, 1.54) is 0 Å². The largest absolute Gasteiger partial charge is 0.496 e. The van der Waals surface area contributed by atoms with Gasteiger partial charge < -0.3 is 14.5 Å². The van der Waals surface area contributed by atoms with Gasteiger partial charge in [-0.25, -0.2) is 8.78 Å². The zero-order chi connectivity index (χ0) is 29.3. The molecule has 9 heteroatoms. The summed E-state index contributed by atoms with van der Waals surface area (Å²) in [5.74, 6) is -0.872. The number of thioether (sulfide) groups is 1. The predicted molar refractivity (Wildman–Crippen MR) is 167 cm³/mol. The Bertz CT molecular complexity index is 1570. The number of ether oxygens (including phenoxy) is 1. The maximum Gasteiger partial charge on any atom is 0.266 e. The Morgan fingerprint density at radius 1 is 1.02 bits per heavy atom. The maximum absolute atomic E-state index is 14.7. The number of carbonyl (C=O) groups excluding carboxylic acids is 1. The third-order valence-electron chi connectivity index (χ3n) is 8.01. The number of halogens is 3. The molecule has 0 spiro atoms. The van der Waals surface area contributed by atoms with E-state index in [0.717, 1.165) is 70.7 Å². The number of thiophene rings is 1. The van der Waals surface area contributed by atoms with Crippen molar-refractivity contribution in [3.8, 4) is 16.9 Å². The summed E-state index contributed by atoms with van der Waals surface area (Å²) in [4.78, 5) is 19.7. The summed E-state index contributed by atoms with van der Waals surface area (Å²) in [7, 11) is 5.78. The first-order chi connectivity index (χ1) is 19.7. The summed E-state index contributed by atoms with van der Waals surface area (Å²) in [6.07, 6.45) is 5.58. The number of hydrogen-bond donors (Lipinski definition) is 0. The minimum Gasteiger partial charge on any atom is -0.496 e. The molecule has 1 aliphatic rings. The summed E-state index contributed by atoms with van der Waals surface area (Å²) < 4.78 is 35.2. The van der Waals surface area contributed by atoms with Crippen LogP contribution in [0, 0.1) is 11.6 Å². The van der Waals surface area contributed by atoms with Crippen molar-refractivity contribution in [1.82, 2.24) is 9.80 Å². The van der Waals surface area contributed by atoms with Gasteiger partial charge in [0.15, 0.2) is 0 Å². The molecule has 0 radical (unpaired) electrons. The molecule has 41 heavy (non-hydrogen) atoms. The normalized spacial score (nSPS) is 17.3. The minimum atomic E-state index is -0.637. The first-order valence-corrected chi connectivity index (χ1v) is 16.0. The molecule has 216 valence electrons. The molecule has 1 amide bonds. The second kappa shape index (κ2) is 12.7. The molecule has 0 unspecified atom stereocenters. The lowest BCUT2D eigenvalue weighted by molar-refractivity contribution is 0.0573. The first-order valence-electron chi connectivity index (χ1n) is 13.6. The fraction of sp³-hybridized carbons (Fsp3) is 0.344. The van der Waals surface area contributed by atoms with E-state index in [1.54, 1.807) is 18.9 Å². The summed E-state index contributed by atoms with van der Waals surface area (Å²) in [5.41, 5.74) is 2.99. The number of methoxy groups -OCH3 is 1. The van der Waals surface area contributed by atoms with Crippen LogP contribution in [0.25, 0.3) is 21.2 Å². The molecule has 1 saturated carbocycles. The summed E-state index contributed by atoms with van der Waals surface area (Å²) in [6, 6.07) is 16.8. The van der Waals surface area contributed by atoms with Crippen LogP contribution in [0.1, 0.15) is 40.9 Å². The fourth-order valence-corrected chi connectivity index (χ4v) is 7.88. The van der Waals surface area contributed by atoms with Gasteiger partial charge in [-0.05, 0) is 87.5 Å². The molecule has 0 atom stereocenters. The SMILES string of the molecule is COc1ccc(-c2ccccc2SC)cc1CN(C(=O)c1sc2c(F)ccc(F)c2c1Cl)[C@H]1CC[C@H](N(C)C)CC1. The standard InChI is InChI=1S/C32H33ClF2N2O2S2/c1-36(2)21-10-12-22(13-11-21)37(32(38)31-29(33)28-24(34)14-15-25(35)30(28)41-31)18-20-17-19(9-16-26(20)39-3)23-7-5-6-8-27(23)40-4/h5-9,14-17,21-22H,10-13,18H2,1-4H3/t21-,22-. The number of fused-ring (bicyclic) bond motifs is 1.